The zero-order valence-electron chi connectivity index (χ0n) is 9.42. The van der Waals surface area contributed by atoms with Crippen molar-refractivity contribution in [1.29, 1.82) is 0 Å². The Labute approximate surface area is 110 Å². The molecule has 1 aliphatic heterocycles. The number of likely N-dealkylation sites (N-methyl/N-ethyl adjacent to an activating group) is 1. The minimum Gasteiger partial charge on any atom is -0.304 e. The highest BCUT2D eigenvalue weighted by Crippen LogP contribution is 2.15. The van der Waals surface area contributed by atoms with Crippen LogP contribution in [0.4, 0.5) is 4.39 Å². The van der Waals surface area contributed by atoms with Gasteiger partial charge in [-0.3, -0.25) is 4.90 Å². The molecule has 0 aliphatic carbocycles. The molecule has 0 unspecified atom stereocenters. The van der Waals surface area contributed by atoms with E-state index in [0.29, 0.717) is 0 Å². The van der Waals surface area contributed by atoms with Gasteiger partial charge in [-0.05, 0) is 47.8 Å². The van der Waals surface area contributed by atoms with Crippen molar-refractivity contribution in [3.63, 3.8) is 0 Å². The molecule has 88 valence electrons. The van der Waals surface area contributed by atoms with Crippen LogP contribution in [0.25, 0.3) is 0 Å². The lowest BCUT2D eigenvalue weighted by atomic mass is 10.2. The van der Waals surface area contributed by atoms with E-state index in [4.69, 9.17) is 0 Å². The summed E-state index contributed by atoms with van der Waals surface area (Å²) in [5.74, 6) is -0.0839. The smallest absolute Gasteiger partial charge is 0.127 e. The van der Waals surface area contributed by atoms with Crippen molar-refractivity contribution in [3.05, 3.63) is 33.1 Å². The zero-order valence-corrected chi connectivity index (χ0v) is 11.6. The predicted molar refractivity (Wildman–Crippen MR) is 71.9 cm³/mol. The fourth-order valence-corrected chi connectivity index (χ4v) is 2.47. The molecule has 0 N–H and O–H groups in total. The molecule has 1 aliphatic rings. The summed E-state index contributed by atoms with van der Waals surface area (Å²) in [6.45, 7) is 4.94. The fourth-order valence-electron chi connectivity index (χ4n) is 1.91. The van der Waals surface area contributed by atoms with E-state index in [1.165, 1.54) is 0 Å². The first-order chi connectivity index (χ1) is 7.65. The summed E-state index contributed by atoms with van der Waals surface area (Å²) in [4.78, 5) is 4.62. The van der Waals surface area contributed by atoms with Crippen molar-refractivity contribution in [3.8, 4) is 0 Å². The Kier molecular flexibility index (Phi) is 4.16. The van der Waals surface area contributed by atoms with E-state index in [0.717, 1.165) is 41.9 Å². The van der Waals surface area contributed by atoms with Gasteiger partial charge in [0.25, 0.3) is 0 Å². The summed E-state index contributed by atoms with van der Waals surface area (Å²) in [6.07, 6.45) is 0. The van der Waals surface area contributed by atoms with Gasteiger partial charge in [0.1, 0.15) is 5.82 Å². The van der Waals surface area contributed by atoms with Crippen LogP contribution < -0.4 is 0 Å². The van der Waals surface area contributed by atoms with E-state index in [2.05, 4.69) is 39.4 Å². The van der Waals surface area contributed by atoms with Gasteiger partial charge in [0, 0.05) is 41.9 Å². The van der Waals surface area contributed by atoms with Crippen molar-refractivity contribution < 1.29 is 4.39 Å². The summed E-state index contributed by atoms with van der Waals surface area (Å²) >= 11 is 2.23. The van der Waals surface area contributed by atoms with E-state index < -0.39 is 0 Å². The second-order valence-electron chi connectivity index (χ2n) is 4.32. The molecule has 0 radical (unpaired) electrons. The van der Waals surface area contributed by atoms with E-state index in [9.17, 15) is 4.39 Å². The van der Waals surface area contributed by atoms with Crippen LogP contribution in [0.3, 0.4) is 0 Å². The molecule has 0 aromatic heterocycles. The molecular weight excluding hydrogens is 318 g/mol. The Morgan fingerprint density at radius 3 is 2.62 bits per heavy atom. The molecule has 1 aromatic rings. The maximum absolute atomic E-state index is 13.6. The highest BCUT2D eigenvalue weighted by atomic mass is 127. The van der Waals surface area contributed by atoms with Gasteiger partial charge < -0.3 is 4.90 Å². The lowest BCUT2D eigenvalue weighted by Crippen LogP contribution is -2.44. The first-order valence-electron chi connectivity index (χ1n) is 5.50. The summed E-state index contributed by atoms with van der Waals surface area (Å²) in [7, 11) is 2.13. The standard InChI is InChI=1S/C12H16FIN2/c1-15-4-6-16(7-5-15)9-10-8-11(14)2-3-12(10)13/h2-3,8H,4-7,9H2,1H3. The minimum absolute atomic E-state index is 0.0839. The molecule has 1 aromatic carbocycles. The molecule has 0 spiro atoms. The highest BCUT2D eigenvalue weighted by Gasteiger charge is 2.15. The molecule has 0 saturated carbocycles. The minimum atomic E-state index is -0.0839. The predicted octanol–water partition coefficient (Wildman–Crippen LogP) is 2.18. The van der Waals surface area contributed by atoms with Crippen LogP contribution in [0.5, 0.6) is 0 Å². The second kappa shape index (κ2) is 5.42. The number of rotatable bonds is 2. The Balaban J connectivity index is 2.00. The maximum atomic E-state index is 13.6. The van der Waals surface area contributed by atoms with Gasteiger partial charge in [0.05, 0.1) is 0 Å². The van der Waals surface area contributed by atoms with Gasteiger partial charge >= 0.3 is 0 Å². The SMILES string of the molecule is CN1CCN(Cc2cc(I)ccc2F)CC1. The van der Waals surface area contributed by atoms with Crippen LogP contribution >= 0.6 is 22.6 Å². The Hall–Kier alpha value is -0.200. The molecule has 2 nitrogen and oxygen atoms in total. The van der Waals surface area contributed by atoms with Gasteiger partial charge in [-0.25, -0.2) is 4.39 Å². The van der Waals surface area contributed by atoms with Crippen molar-refractivity contribution in [2.75, 3.05) is 33.2 Å². The number of nitrogens with zero attached hydrogens (tertiary/aromatic N) is 2. The zero-order chi connectivity index (χ0) is 11.5. The van der Waals surface area contributed by atoms with E-state index in [1.54, 1.807) is 6.07 Å². The van der Waals surface area contributed by atoms with E-state index >= 15 is 0 Å². The molecule has 0 atom stereocenters. The molecule has 16 heavy (non-hydrogen) atoms. The summed E-state index contributed by atoms with van der Waals surface area (Å²) in [5, 5.41) is 0. The van der Waals surface area contributed by atoms with Crippen molar-refractivity contribution >= 4 is 22.6 Å². The largest absolute Gasteiger partial charge is 0.304 e. The van der Waals surface area contributed by atoms with Crippen molar-refractivity contribution in [1.82, 2.24) is 9.80 Å². The Bertz CT molecular complexity index is 362. The molecule has 0 amide bonds. The molecule has 4 heteroatoms. The van der Waals surface area contributed by atoms with Crippen molar-refractivity contribution in [2.45, 2.75) is 6.54 Å². The van der Waals surface area contributed by atoms with Crippen LogP contribution in [0.2, 0.25) is 0 Å². The van der Waals surface area contributed by atoms with Gasteiger partial charge in [0.2, 0.25) is 0 Å². The first-order valence-corrected chi connectivity index (χ1v) is 6.58. The molecule has 0 bridgehead atoms. The molecule has 1 fully saturated rings. The summed E-state index contributed by atoms with van der Waals surface area (Å²) in [6, 6.07) is 5.31. The number of benzene rings is 1. The van der Waals surface area contributed by atoms with Gasteiger partial charge in [-0.2, -0.15) is 0 Å². The average molecular weight is 334 g/mol. The number of piperazine rings is 1. The number of hydrogen-bond donors (Lipinski definition) is 0. The molecule has 1 saturated heterocycles. The third-order valence-corrected chi connectivity index (χ3v) is 3.67. The van der Waals surface area contributed by atoms with Gasteiger partial charge in [-0.1, -0.05) is 0 Å². The average Bonchev–Trinajstić information content (AvgIpc) is 2.27. The monoisotopic (exact) mass is 334 g/mol. The van der Waals surface area contributed by atoms with Crippen molar-refractivity contribution in [2.24, 2.45) is 0 Å². The third-order valence-electron chi connectivity index (χ3n) is 3.00. The first kappa shape index (κ1) is 12.3. The topological polar surface area (TPSA) is 6.48 Å². The van der Waals surface area contributed by atoms with Gasteiger partial charge in [-0.15, -0.1) is 0 Å². The normalized spacial score (nSPS) is 18.9. The van der Waals surface area contributed by atoms with Crippen LogP contribution in [-0.4, -0.2) is 43.0 Å². The lowest BCUT2D eigenvalue weighted by Gasteiger charge is -2.32. The quantitative estimate of drug-likeness (QED) is 0.765. The van der Waals surface area contributed by atoms with Crippen LogP contribution in [0, 0.1) is 9.39 Å². The lowest BCUT2D eigenvalue weighted by molar-refractivity contribution is 0.147. The Morgan fingerprint density at radius 1 is 1.25 bits per heavy atom. The summed E-state index contributed by atoms with van der Waals surface area (Å²) < 4.78 is 14.7. The van der Waals surface area contributed by atoms with Crippen LogP contribution in [-0.2, 0) is 6.54 Å². The van der Waals surface area contributed by atoms with E-state index in [1.807, 2.05) is 12.1 Å². The Morgan fingerprint density at radius 2 is 1.94 bits per heavy atom. The van der Waals surface area contributed by atoms with Gasteiger partial charge in [0.15, 0.2) is 0 Å². The highest BCUT2D eigenvalue weighted by molar-refractivity contribution is 14.1. The van der Waals surface area contributed by atoms with Crippen LogP contribution in [0.15, 0.2) is 18.2 Å². The fraction of sp³-hybridized carbons (Fsp3) is 0.500. The molecule has 1 heterocycles. The third kappa shape index (κ3) is 3.15. The molecule has 2 rings (SSSR count). The number of halogens is 2. The second-order valence-corrected chi connectivity index (χ2v) is 5.56. The summed E-state index contributed by atoms with van der Waals surface area (Å²) in [5.41, 5.74) is 0.816. The van der Waals surface area contributed by atoms with Crippen LogP contribution in [0.1, 0.15) is 5.56 Å². The maximum Gasteiger partial charge on any atom is 0.127 e. The van der Waals surface area contributed by atoms with E-state index in [-0.39, 0.29) is 5.82 Å². The number of hydrogen-bond acceptors (Lipinski definition) is 2. The molecular formula is C12H16FIN2.